The van der Waals surface area contributed by atoms with E-state index in [2.05, 4.69) is 14.7 Å². The van der Waals surface area contributed by atoms with Crippen molar-refractivity contribution in [2.24, 2.45) is 0 Å². The van der Waals surface area contributed by atoms with Crippen LogP contribution in [-0.2, 0) is 17.0 Å². The molecule has 0 spiro atoms. The lowest BCUT2D eigenvalue weighted by atomic mass is 9.98. The Morgan fingerprint density at radius 2 is 1.63 bits per heavy atom. The molecule has 224 valence electrons. The zero-order chi connectivity index (χ0) is 31.3. The quantitative estimate of drug-likeness (QED) is 0.194. The molecule has 43 heavy (non-hydrogen) atoms. The number of rotatable bonds is 6. The van der Waals surface area contributed by atoms with Gasteiger partial charge in [0.2, 0.25) is 0 Å². The Kier molecular flexibility index (Phi) is 7.59. The first-order valence-electron chi connectivity index (χ1n) is 12.4. The summed E-state index contributed by atoms with van der Waals surface area (Å²) in [7, 11) is -1.29. The van der Waals surface area contributed by atoms with Crippen LogP contribution in [0.3, 0.4) is 0 Å². The van der Waals surface area contributed by atoms with Gasteiger partial charge in [-0.15, -0.1) is 13.2 Å². The molecule has 1 atom stereocenters. The van der Waals surface area contributed by atoms with Crippen molar-refractivity contribution < 1.29 is 44.8 Å². The number of aromatic nitrogens is 3. The molecule has 0 aliphatic heterocycles. The van der Waals surface area contributed by atoms with Gasteiger partial charge in [-0.1, -0.05) is 18.2 Å². The number of phenolic OH excluding ortho intramolecular Hbond substituents is 1. The molecule has 3 aromatic carbocycles. The van der Waals surface area contributed by atoms with E-state index in [4.69, 9.17) is 4.42 Å². The monoisotopic (exact) mass is 621 g/mol. The lowest BCUT2D eigenvalue weighted by Gasteiger charge is -2.15. The largest absolute Gasteiger partial charge is 0.573 e. The normalized spacial score (nSPS) is 12.9. The number of benzene rings is 3. The molecule has 2 aromatic heterocycles. The van der Waals surface area contributed by atoms with Crippen LogP contribution >= 0.6 is 0 Å². The average molecular weight is 622 g/mol. The summed E-state index contributed by atoms with van der Waals surface area (Å²) in [6, 6.07) is 14.6. The third-order valence-corrected chi connectivity index (χ3v) is 7.28. The van der Waals surface area contributed by atoms with E-state index in [1.807, 2.05) is 0 Å². The summed E-state index contributed by atoms with van der Waals surface area (Å²) in [6.45, 7) is 2.89. The molecule has 0 saturated carbocycles. The number of oxazole rings is 1. The van der Waals surface area contributed by atoms with Crippen LogP contribution in [0, 0.1) is 13.8 Å². The van der Waals surface area contributed by atoms with Crippen molar-refractivity contribution >= 4 is 10.8 Å². The summed E-state index contributed by atoms with van der Waals surface area (Å²) in [5, 5.41) is 10.7. The van der Waals surface area contributed by atoms with Gasteiger partial charge in [-0.2, -0.15) is 13.2 Å². The Labute approximate surface area is 242 Å². The van der Waals surface area contributed by atoms with Crippen molar-refractivity contribution in [2.75, 3.05) is 6.26 Å². The van der Waals surface area contributed by atoms with Crippen molar-refractivity contribution in [1.82, 2.24) is 14.5 Å². The predicted octanol–water partition coefficient (Wildman–Crippen LogP) is 7.84. The van der Waals surface area contributed by atoms with Crippen molar-refractivity contribution in [3.05, 3.63) is 84.3 Å². The number of halogens is 6. The van der Waals surface area contributed by atoms with Crippen LogP contribution in [0.2, 0.25) is 0 Å². The summed E-state index contributed by atoms with van der Waals surface area (Å²) >= 11 is 0. The van der Waals surface area contributed by atoms with Crippen LogP contribution in [0.15, 0.2) is 76.2 Å². The molecule has 0 aliphatic carbocycles. The number of aryl methyl sites for hydroxylation is 2. The maximum Gasteiger partial charge on any atom is 0.573 e. The van der Waals surface area contributed by atoms with E-state index in [0.717, 1.165) is 24.4 Å². The number of phenols is 1. The predicted molar refractivity (Wildman–Crippen MR) is 145 cm³/mol. The molecule has 7 nitrogen and oxygen atoms in total. The molecule has 1 N–H and O–H groups in total. The van der Waals surface area contributed by atoms with Crippen LogP contribution in [0.5, 0.6) is 11.5 Å². The number of hydrogen-bond donors (Lipinski definition) is 1. The van der Waals surface area contributed by atoms with Gasteiger partial charge in [0.25, 0.3) is 0 Å². The Morgan fingerprint density at radius 3 is 2.26 bits per heavy atom. The van der Waals surface area contributed by atoms with Crippen molar-refractivity contribution in [1.29, 1.82) is 0 Å². The van der Waals surface area contributed by atoms with E-state index in [9.17, 15) is 35.7 Å². The fraction of sp³-hybridized carbons (Fsp3) is 0.172. The minimum absolute atomic E-state index is 0.0130. The Morgan fingerprint density at radius 1 is 0.907 bits per heavy atom. The second kappa shape index (κ2) is 10.9. The van der Waals surface area contributed by atoms with Gasteiger partial charge in [0.15, 0.2) is 17.3 Å². The minimum atomic E-state index is -4.99. The number of nitrogens with zero attached hydrogens (tertiary/aromatic N) is 3. The van der Waals surface area contributed by atoms with E-state index in [-0.39, 0.29) is 40.0 Å². The second-order valence-electron chi connectivity index (χ2n) is 9.39. The summed E-state index contributed by atoms with van der Waals surface area (Å²) < 4.78 is 102. The zero-order valence-electron chi connectivity index (χ0n) is 22.5. The lowest BCUT2D eigenvalue weighted by molar-refractivity contribution is -0.274. The van der Waals surface area contributed by atoms with Gasteiger partial charge in [0.1, 0.15) is 23.0 Å². The zero-order valence-corrected chi connectivity index (χ0v) is 23.4. The fourth-order valence-corrected chi connectivity index (χ4v) is 5.08. The topological polar surface area (TPSA) is 90.4 Å². The van der Waals surface area contributed by atoms with Gasteiger partial charge in [-0.25, -0.2) is 9.97 Å². The second-order valence-corrected chi connectivity index (χ2v) is 10.8. The van der Waals surface area contributed by atoms with Crippen molar-refractivity contribution in [3.63, 3.8) is 0 Å². The summed E-state index contributed by atoms with van der Waals surface area (Å²) in [4.78, 5) is 8.53. The molecule has 2 heterocycles. The lowest BCUT2D eigenvalue weighted by Crippen LogP contribution is -2.17. The maximum atomic E-state index is 13.5. The first-order valence-corrected chi connectivity index (χ1v) is 13.9. The summed E-state index contributed by atoms with van der Waals surface area (Å²) in [5.41, 5.74) is 0.563. The molecule has 5 aromatic rings. The van der Waals surface area contributed by atoms with Crippen LogP contribution in [0.4, 0.5) is 26.3 Å². The van der Waals surface area contributed by atoms with Gasteiger partial charge >= 0.3 is 12.5 Å². The number of alkyl halides is 6. The van der Waals surface area contributed by atoms with E-state index in [1.54, 1.807) is 42.5 Å². The smallest absolute Gasteiger partial charge is 0.507 e. The Hall–Kier alpha value is -4.59. The van der Waals surface area contributed by atoms with Crippen LogP contribution in [0.1, 0.15) is 17.4 Å². The summed E-state index contributed by atoms with van der Waals surface area (Å²) in [6.07, 6.45) is -7.35. The standard InChI is InChI=1S/C29H21F6N3O4S/c1-15-36-25(28(30,31)32)14-38(15)23-10-7-18(17-5-4-6-20(11-17)43(3)40)12-22(23)27-26(37-16(2)41-27)21-9-8-19(13-24(21)39)42-29(33,34)35/h4-14,39H,1-3H3. The molecule has 5 rings (SSSR count). The number of ether oxygens (including phenoxy) is 1. The molecule has 1 unspecified atom stereocenters. The highest BCUT2D eigenvalue weighted by atomic mass is 32.2. The van der Waals surface area contributed by atoms with Gasteiger partial charge in [0, 0.05) is 52.3 Å². The van der Waals surface area contributed by atoms with Crippen LogP contribution in [0.25, 0.3) is 39.4 Å². The van der Waals surface area contributed by atoms with E-state index in [0.29, 0.717) is 16.0 Å². The van der Waals surface area contributed by atoms with Crippen molar-refractivity contribution in [2.45, 2.75) is 31.3 Å². The van der Waals surface area contributed by atoms with E-state index >= 15 is 0 Å². The molecule has 0 fully saturated rings. The molecule has 0 amide bonds. The first-order chi connectivity index (χ1) is 20.1. The summed E-state index contributed by atoms with van der Waals surface area (Å²) in [5.74, 6) is -1.13. The fourth-order valence-electron chi connectivity index (χ4n) is 4.52. The van der Waals surface area contributed by atoms with Gasteiger partial charge < -0.3 is 18.8 Å². The Balaban J connectivity index is 1.74. The molecule has 0 saturated heterocycles. The van der Waals surface area contributed by atoms with Gasteiger partial charge in [0.05, 0.1) is 5.69 Å². The molecular weight excluding hydrogens is 600 g/mol. The van der Waals surface area contributed by atoms with Crippen molar-refractivity contribution in [3.8, 4) is 50.9 Å². The SMILES string of the molecule is Cc1nc(-c2ccc(OC(F)(F)F)cc2O)c(-c2cc(-c3cccc(S(C)=O)c3)ccc2-n2cc(C(F)(F)F)nc2C)o1. The number of imidazole rings is 1. The third-order valence-electron chi connectivity index (χ3n) is 6.36. The molecule has 14 heteroatoms. The van der Waals surface area contributed by atoms with Gasteiger partial charge in [-0.05, 0) is 54.4 Å². The minimum Gasteiger partial charge on any atom is -0.507 e. The molecule has 0 radical (unpaired) electrons. The highest BCUT2D eigenvalue weighted by Crippen LogP contribution is 2.43. The van der Waals surface area contributed by atoms with Crippen LogP contribution < -0.4 is 4.74 Å². The first kappa shape index (κ1) is 29.9. The van der Waals surface area contributed by atoms with Gasteiger partial charge in [-0.3, -0.25) is 4.21 Å². The Bertz CT molecular complexity index is 1860. The highest BCUT2D eigenvalue weighted by molar-refractivity contribution is 7.84. The van der Waals surface area contributed by atoms with E-state index < -0.39 is 40.5 Å². The molecular formula is C29H21F6N3O4S. The highest BCUT2D eigenvalue weighted by Gasteiger charge is 2.35. The molecule has 0 bridgehead atoms. The third kappa shape index (κ3) is 6.28. The number of aromatic hydroxyl groups is 1. The number of hydrogen-bond acceptors (Lipinski definition) is 6. The maximum absolute atomic E-state index is 13.5. The molecule has 0 aliphatic rings. The average Bonchev–Trinajstić information content (AvgIpc) is 3.50. The van der Waals surface area contributed by atoms with Crippen LogP contribution in [-0.4, -0.2) is 36.5 Å². The van der Waals surface area contributed by atoms with E-state index in [1.165, 1.54) is 24.7 Å².